The Balaban J connectivity index is 2.25. The van der Waals surface area contributed by atoms with Gasteiger partial charge in [0.25, 0.3) is 0 Å². The number of hydrogen-bond donors (Lipinski definition) is 2. The molecule has 14 heavy (non-hydrogen) atoms. The summed E-state index contributed by atoms with van der Waals surface area (Å²) in [6.07, 6.45) is 0. The first-order valence-corrected chi connectivity index (χ1v) is 4.52. The van der Waals surface area contributed by atoms with Crippen molar-refractivity contribution in [3.05, 3.63) is 17.5 Å². The normalized spacial score (nSPS) is 12.7. The van der Waals surface area contributed by atoms with Crippen LogP contribution in [0, 0.1) is 12.8 Å². The van der Waals surface area contributed by atoms with E-state index >= 15 is 0 Å². The van der Waals surface area contributed by atoms with Gasteiger partial charge in [-0.3, -0.25) is 4.79 Å². The maximum absolute atomic E-state index is 10.7. The SMILES string of the molecule is Cc1cc(CNCC(C)C(N)=O)no1. The number of aromatic nitrogens is 1. The molecule has 1 heterocycles. The molecular weight excluding hydrogens is 182 g/mol. The molecule has 0 fully saturated rings. The van der Waals surface area contributed by atoms with Gasteiger partial charge in [0.2, 0.25) is 5.91 Å². The fourth-order valence-electron chi connectivity index (χ4n) is 1.02. The summed E-state index contributed by atoms with van der Waals surface area (Å²) in [5, 5.41) is 6.88. The number of nitrogens with zero attached hydrogens (tertiary/aromatic N) is 1. The quantitative estimate of drug-likeness (QED) is 0.706. The van der Waals surface area contributed by atoms with E-state index in [4.69, 9.17) is 10.3 Å². The van der Waals surface area contributed by atoms with Gasteiger partial charge in [-0.25, -0.2) is 0 Å². The number of primary amides is 1. The summed E-state index contributed by atoms with van der Waals surface area (Å²) >= 11 is 0. The van der Waals surface area contributed by atoms with Crippen molar-refractivity contribution in [1.82, 2.24) is 10.5 Å². The summed E-state index contributed by atoms with van der Waals surface area (Å²) in [6.45, 7) is 4.77. The molecule has 5 nitrogen and oxygen atoms in total. The van der Waals surface area contributed by atoms with Gasteiger partial charge in [-0.1, -0.05) is 12.1 Å². The Kier molecular flexibility index (Phi) is 3.64. The minimum absolute atomic E-state index is 0.164. The number of carbonyl (C=O) groups excluding carboxylic acids is 1. The molecule has 1 amide bonds. The molecule has 5 heteroatoms. The van der Waals surface area contributed by atoms with Crippen LogP contribution < -0.4 is 11.1 Å². The molecule has 0 saturated carbocycles. The van der Waals surface area contributed by atoms with E-state index in [1.807, 2.05) is 13.0 Å². The lowest BCUT2D eigenvalue weighted by molar-refractivity contribution is -0.121. The predicted molar refractivity (Wildman–Crippen MR) is 51.3 cm³/mol. The Morgan fingerprint density at radius 1 is 1.79 bits per heavy atom. The number of hydrogen-bond acceptors (Lipinski definition) is 4. The van der Waals surface area contributed by atoms with Crippen molar-refractivity contribution in [2.75, 3.05) is 6.54 Å². The molecule has 0 aliphatic rings. The molecule has 0 aliphatic carbocycles. The van der Waals surface area contributed by atoms with Crippen molar-refractivity contribution in [2.45, 2.75) is 20.4 Å². The molecule has 1 atom stereocenters. The molecular formula is C9H15N3O2. The average molecular weight is 197 g/mol. The third kappa shape index (κ3) is 3.18. The van der Waals surface area contributed by atoms with Gasteiger partial charge >= 0.3 is 0 Å². The number of carbonyl (C=O) groups is 1. The Morgan fingerprint density at radius 2 is 2.50 bits per heavy atom. The zero-order valence-electron chi connectivity index (χ0n) is 8.41. The minimum atomic E-state index is -0.297. The van der Waals surface area contributed by atoms with Crippen LogP contribution in [0.2, 0.25) is 0 Å². The van der Waals surface area contributed by atoms with Gasteiger partial charge in [0.15, 0.2) is 0 Å². The Hall–Kier alpha value is -1.36. The first-order valence-electron chi connectivity index (χ1n) is 4.52. The minimum Gasteiger partial charge on any atom is -0.369 e. The Morgan fingerprint density at radius 3 is 3.00 bits per heavy atom. The molecule has 1 aromatic heterocycles. The van der Waals surface area contributed by atoms with Crippen LogP contribution in [0.3, 0.4) is 0 Å². The van der Waals surface area contributed by atoms with Crippen LogP contribution in [0.5, 0.6) is 0 Å². The van der Waals surface area contributed by atoms with E-state index in [9.17, 15) is 4.79 Å². The van der Waals surface area contributed by atoms with Crippen LogP contribution >= 0.6 is 0 Å². The Labute approximate surface area is 82.6 Å². The Bertz CT molecular complexity index is 309. The third-order valence-corrected chi connectivity index (χ3v) is 1.92. The maximum atomic E-state index is 10.7. The predicted octanol–water partition coefficient (Wildman–Crippen LogP) is 0.194. The van der Waals surface area contributed by atoms with E-state index < -0.39 is 0 Å². The van der Waals surface area contributed by atoms with Crippen LogP contribution in [-0.2, 0) is 11.3 Å². The summed E-state index contributed by atoms with van der Waals surface area (Å²) in [6, 6.07) is 1.85. The van der Waals surface area contributed by atoms with E-state index in [0.29, 0.717) is 13.1 Å². The molecule has 78 valence electrons. The molecule has 0 aliphatic heterocycles. The standard InChI is InChI=1S/C9H15N3O2/c1-6(9(10)13)4-11-5-8-3-7(2)14-12-8/h3,6,11H,4-5H2,1-2H3,(H2,10,13). The lowest BCUT2D eigenvalue weighted by Gasteiger charge is -2.06. The summed E-state index contributed by atoms with van der Waals surface area (Å²) in [7, 11) is 0. The van der Waals surface area contributed by atoms with Gasteiger partial charge in [0.05, 0.1) is 5.69 Å². The fraction of sp³-hybridized carbons (Fsp3) is 0.556. The number of aryl methyl sites for hydroxylation is 1. The van der Waals surface area contributed by atoms with Crippen LogP contribution in [0.25, 0.3) is 0 Å². The molecule has 1 unspecified atom stereocenters. The van der Waals surface area contributed by atoms with Gasteiger partial charge < -0.3 is 15.6 Å². The second-order valence-corrected chi connectivity index (χ2v) is 3.36. The lowest BCUT2D eigenvalue weighted by Crippen LogP contribution is -2.30. The van der Waals surface area contributed by atoms with Crippen LogP contribution in [0.15, 0.2) is 10.6 Å². The van der Waals surface area contributed by atoms with E-state index in [1.165, 1.54) is 0 Å². The molecule has 0 aromatic carbocycles. The highest BCUT2D eigenvalue weighted by Crippen LogP contribution is 2.00. The zero-order chi connectivity index (χ0) is 10.6. The van der Waals surface area contributed by atoms with Crippen molar-refractivity contribution in [3.63, 3.8) is 0 Å². The average Bonchev–Trinajstić information content (AvgIpc) is 2.51. The number of amides is 1. The van der Waals surface area contributed by atoms with Crippen molar-refractivity contribution >= 4 is 5.91 Å². The third-order valence-electron chi connectivity index (χ3n) is 1.92. The number of rotatable bonds is 5. The fourth-order valence-corrected chi connectivity index (χ4v) is 1.02. The first-order chi connectivity index (χ1) is 6.59. The maximum Gasteiger partial charge on any atom is 0.221 e. The van der Waals surface area contributed by atoms with Crippen molar-refractivity contribution in [3.8, 4) is 0 Å². The highest BCUT2D eigenvalue weighted by atomic mass is 16.5. The highest BCUT2D eigenvalue weighted by molar-refractivity contribution is 5.76. The summed E-state index contributed by atoms with van der Waals surface area (Å²) in [4.78, 5) is 10.7. The summed E-state index contributed by atoms with van der Waals surface area (Å²) < 4.78 is 4.89. The summed E-state index contributed by atoms with van der Waals surface area (Å²) in [5.74, 6) is 0.321. The molecule has 0 radical (unpaired) electrons. The molecule has 1 aromatic rings. The second kappa shape index (κ2) is 4.76. The van der Waals surface area contributed by atoms with Crippen LogP contribution in [0.4, 0.5) is 0 Å². The van der Waals surface area contributed by atoms with Gasteiger partial charge in [-0.15, -0.1) is 0 Å². The smallest absolute Gasteiger partial charge is 0.221 e. The summed E-state index contributed by atoms with van der Waals surface area (Å²) in [5.41, 5.74) is 5.94. The van der Waals surface area contributed by atoms with Gasteiger partial charge in [0.1, 0.15) is 5.76 Å². The van der Waals surface area contributed by atoms with Crippen LogP contribution in [-0.4, -0.2) is 17.6 Å². The van der Waals surface area contributed by atoms with Crippen molar-refractivity contribution in [1.29, 1.82) is 0 Å². The van der Waals surface area contributed by atoms with Crippen molar-refractivity contribution < 1.29 is 9.32 Å². The monoisotopic (exact) mass is 197 g/mol. The zero-order valence-corrected chi connectivity index (χ0v) is 8.41. The molecule has 0 bridgehead atoms. The number of nitrogens with one attached hydrogen (secondary N) is 1. The molecule has 0 spiro atoms. The molecule has 0 saturated heterocycles. The van der Waals surface area contributed by atoms with Crippen LogP contribution in [0.1, 0.15) is 18.4 Å². The van der Waals surface area contributed by atoms with E-state index in [-0.39, 0.29) is 11.8 Å². The number of nitrogens with two attached hydrogens (primary N) is 1. The largest absolute Gasteiger partial charge is 0.369 e. The molecule has 3 N–H and O–H groups in total. The second-order valence-electron chi connectivity index (χ2n) is 3.36. The van der Waals surface area contributed by atoms with E-state index in [2.05, 4.69) is 10.5 Å². The van der Waals surface area contributed by atoms with Crippen molar-refractivity contribution in [2.24, 2.45) is 11.7 Å². The topological polar surface area (TPSA) is 81.1 Å². The van der Waals surface area contributed by atoms with E-state index in [0.717, 1.165) is 11.5 Å². The first kappa shape index (κ1) is 10.7. The molecule has 1 rings (SSSR count). The lowest BCUT2D eigenvalue weighted by atomic mass is 10.2. The van der Waals surface area contributed by atoms with E-state index in [1.54, 1.807) is 6.92 Å². The van der Waals surface area contributed by atoms with Gasteiger partial charge in [0, 0.05) is 25.1 Å². The highest BCUT2D eigenvalue weighted by Gasteiger charge is 2.07. The van der Waals surface area contributed by atoms with Gasteiger partial charge in [-0.2, -0.15) is 0 Å². The van der Waals surface area contributed by atoms with Gasteiger partial charge in [-0.05, 0) is 6.92 Å².